The largest absolute Gasteiger partial charge is 0.497 e. The van der Waals surface area contributed by atoms with Crippen molar-refractivity contribution in [1.29, 1.82) is 0 Å². The van der Waals surface area contributed by atoms with Gasteiger partial charge in [0.15, 0.2) is 0 Å². The maximum absolute atomic E-state index is 12.7. The number of methoxy groups -OCH3 is 1. The molecular formula is C22H30N4O2. The summed E-state index contributed by atoms with van der Waals surface area (Å²) in [7, 11) is 1.68. The van der Waals surface area contributed by atoms with E-state index in [0.29, 0.717) is 5.56 Å². The number of nitrogens with zero attached hydrogens (tertiary/aromatic N) is 3. The highest BCUT2D eigenvalue weighted by atomic mass is 16.5. The molecular weight excluding hydrogens is 352 g/mol. The Kier molecular flexibility index (Phi) is 6.74. The highest BCUT2D eigenvalue weighted by molar-refractivity contribution is 5.94. The van der Waals surface area contributed by atoms with Gasteiger partial charge in [-0.2, -0.15) is 0 Å². The van der Waals surface area contributed by atoms with Crippen LogP contribution in [0.5, 0.6) is 5.75 Å². The molecule has 1 amide bonds. The number of hydrogen-bond donors (Lipinski definition) is 1. The first-order valence-corrected chi connectivity index (χ1v) is 10.1. The second-order valence-corrected chi connectivity index (χ2v) is 7.04. The third-order valence-corrected chi connectivity index (χ3v) is 5.27. The predicted molar refractivity (Wildman–Crippen MR) is 113 cm³/mol. The van der Waals surface area contributed by atoms with Crippen molar-refractivity contribution in [1.82, 2.24) is 10.3 Å². The van der Waals surface area contributed by atoms with Gasteiger partial charge in [-0.3, -0.25) is 4.79 Å². The topological polar surface area (TPSA) is 57.7 Å². The molecule has 0 spiro atoms. The number of amides is 1. The van der Waals surface area contributed by atoms with Crippen molar-refractivity contribution in [3.8, 4) is 5.75 Å². The summed E-state index contributed by atoms with van der Waals surface area (Å²) in [6.07, 6.45) is 3.70. The van der Waals surface area contributed by atoms with E-state index in [-0.39, 0.29) is 11.9 Å². The third-order valence-electron chi connectivity index (χ3n) is 5.27. The molecule has 2 heterocycles. The fourth-order valence-electron chi connectivity index (χ4n) is 3.66. The van der Waals surface area contributed by atoms with E-state index >= 15 is 0 Å². The number of nitrogens with one attached hydrogen (secondary N) is 1. The Morgan fingerprint density at radius 1 is 1.29 bits per heavy atom. The summed E-state index contributed by atoms with van der Waals surface area (Å²) in [6.45, 7) is 7.78. The molecule has 1 aliphatic rings. The Hall–Kier alpha value is -2.76. The monoisotopic (exact) mass is 382 g/mol. The lowest BCUT2D eigenvalue weighted by atomic mass is 10.0. The number of aromatic nitrogens is 1. The fourth-order valence-corrected chi connectivity index (χ4v) is 3.66. The first-order valence-electron chi connectivity index (χ1n) is 10.1. The van der Waals surface area contributed by atoms with E-state index in [2.05, 4.69) is 40.0 Å². The minimum atomic E-state index is -0.0592. The molecule has 3 rings (SSSR count). The maximum Gasteiger partial charge on any atom is 0.253 e. The van der Waals surface area contributed by atoms with Gasteiger partial charge in [-0.1, -0.05) is 6.07 Å². The van der Waals surface area contributed by atoms with E-state index in [1.54, 1.807) is 13.3 Å². The molecule has 1 aromatic carbocycles. The lowest BCUT2D eigenvalue weighted by Gasteiger charge is -2.35. The lowest BCUT2D eigenvalue weighted by molar-refractivity contribution is 0.0933. The van der Waals surface area contributed by atoms with Crippen molar-refractivity contribution in [2.24, 2.45) is 0 Å². The molecule has 0 radical (unpaired) electrons. The number of rotatable bonds is 7. The lowest BCUT2D eigenvalue weighted by Crippen LogP contribution is -2.47. The Morgan fingerprint density at radius 2 is 2.11 bits per heavy atom. The average Bonchev–Trinajstić information content (AvgIpc) is 2.75. The van der Waals surface area contributed by atoms with Crippen molar-refractivity contribution in [3.63, 3.8) is 0 Å². The highest BCUT2D eigenvalue weighted by Crippen LogP contribution is 2.24. The first-order chi connectivity index (χ1) is 13.6. The zero-order valence-corrected chi connectivity index (χ0v) is 17.0. The van der Waals surface area contributed by atoms with Crippen LogP contribution in [0.3, 0.4) is 0 Å². The van der Waals surface area contributed by atoms with Crippen molar-refractivity contribution in [2.45, 2.75) is 32.7 Å². The van der Waals surface area contributed by atoms with Crippen LogP contribution in [-0.2, 0) is 0 Å². The van der Waals surface area contributed by atoms with Crippen LogP contribution < -0.4 is 19.9 Å². The molecule has 1 aromatic heterocycles. The number of piperidine rings is 1. The van der Waals surface area contributed by atoms with Gasteiger partial charge in [0, 0.05) is 50.2 Å². The molecule has 150 valence electrons. The minimum Gasteiger partial charge on any atom is -0.497 e. The number of pyridine rings is 1. The zero-order chi connectivity index (χ0) is 19.9. The van der Waals surface area contributed by atoms with Crippen molar-refractivity contribution in [2.75, 3.05) is 43.1 Å². The molecule has 1 N–H and O–H groups in total. The molecule has 0 saturated carbocycles. The molecule has 1 saturated heterocycles. The van der Waals surface area contributed by atoms with E-state index in [4.69, 9.17) is 4.74 Å². The van der Waals surface area contributed by atoms with Crippen molar-refractivity contribution >= 4 is 17.4 Å². The smallest absolute Gasteiger partial charge is 0.253 e. The van der Waals surface area contributed by atoms with E-state index in [1.165, 1.54) is 0 Å². The summed E-state index contributed by atoms with van der Waals surface area (Å²) in [5, 5.41) is 3.17. The Bertz CT molecular complexity index is 774. The van der Waals surface area contributed by atoms with Crippen LogP contribution in [0.4, 0.5) is 11.5 Å². The number of benzene rings is 1. The van der Waals surface area contributed by atoms with E-state index in [0.717, 1.165) is 56.3 Å². The highest BCUT2D eigenvalue weighted by Gasteiger charge is 2.22. The van der Waals surface area contributed by atoms with Gasteiger partial charge >= 0.3 is 0 Å². The van der Waals surface area contributed by atoms with Crippen LogP contribution in [0.1, 0.15) is 37.0 Å². The normalized spacial score (nSPS) is 16.5. The molecule has 0 aliphatic carbocycles. The van der Waals surface area contributed by atoms with Gasteiger partial charge in [0.05, 0.1) is 12.7 Å². The molecule has 1 unspecified atom stereocenters. The molecule has 1 aliphatic heterocycles. The predicted octanol–water partition coefficient (Wildman–Crippen LogP) is 3.34. The molecule has 6 nitrogen and oxygen atoms in total. The quantitative estimate of drug-likeness (QED) is 0.796. The number of anilines is 2. The van der Waals surface area contributed by atoms with Crippen molar-refractivity contribution < 1.29 is 9.53 Å². The first kappa shape index (κ1) is 20.0. The van der Waals surface area contributed by atoms with Crippen LogP contribution in [-0.4, -0.2) is 50.2 Å². The van der Waals surface area contributed by atoms with E-state index in [1.807, 2.05) is 30.3 Å². The molecule has 1 atom stereocenters. The van der Waals surface area contributed by atoms with E-state index < -0.39 is 0 Å². The maximum atomic E-state index is 12.7. The van der Waals surface area contributed by atoms with E-state index in [9.17, 15) is 4.79 Å². The summed E-state index contributed by atoms with van der Waals surface area (Å²) in [4.78, 5) is 21.6. The van der Waals surface area contributed by atoms with Crippen molar-refractivity contribution in [3.05, 3.63) is 48.2 Å². The Balaban J connectivity index is 1.62. The fraction of sp³-hybridized carbons (Fsp3) is 0.455. The van der Waals surface area contributed by atoms with Gasteiger partial charge in [-0.15, -0.1) is 0 Å². The standard InChI is InChI=1S/C22H30N4O2/c1-4-25(5-2)21-12-11-17(15-23-21)22(27)24-18-8-7-13-26(16-18)19-9-6-10-20(14-19)28-3/h6,9-12,14-15,18H,4-5,7-8,13,16H2,1-3H3,(H,24,27). The second kappa shape index (κ2) is 9.44. The minimum absolute atomic E-state index is 0.0592. The van der Waals surface area contributed by atoms with Gasteiger partial charge in [-0.25, -0.2) is 4.98 Å². The second-order valence-electron chi connectivity index (χ2n) is 7.04. The average molecular weight is 383 g/mol. The van der Waals surface area contributed by atoms with Gasteiger partial charge in [-0.05, 0) is 51.0 Å². The number of hydrogen-bond acceptors (Lipinski definition) is 5. The Labute approximate surface area is 167 Å². The summed E-state index contributed by atoms with van der Waals surface area (Å²) in [5.74, 6) is 1.70. The number of carbonyl (C=O) groups is 1. The molecule has 2 aromatic rings. The summed E-state index contributed by atoms with van der Waals surface area (Å²) in [6, 6.07) is 12.0. The van der Waals surface area contributed by atoms with Crippen LogP contribution >= 0.6 is 0 Å². The SMILES string of the molecule is CCN(CC)c1ccc(C(=O)NC2CCCN(c3cccc(OC)c3)C2)cn1. The van der Waals surface area contributed by atoms with Gasteiger partial charge < -0.3 is 19.9 Å². The van der Waals surface area contributed by atoms with Gasteiger partial charge in [0.25, 0.3) is 5.91 Å². The number of carbonyl (C=O) groups excluding carboxylic acids is 1. The molecule has 28 heavy (non-hydrogen) atoms. The molecule has 6 heteroatoms. The van der Waals surface area contributed by atoms with Crippen LogP contribution in [0.2, 0.25) is 0 Å². The zero-order valence-electron chi connectivity index (χ0n) is 17.0. The number of ether oxygens (including phenoxy) is 1. The van der Waals surface area contributed by atoms with Crippen LogP contribution in [0, 0.1) is 0 Å². The summed E-state index contributed by atoms with van der Waals surface area (Å²) < 4.78 is 5.33. The third kappa shape index (κ3) is 4.74. The van der Waals surface area contributed by atoms with Gasteiger partial charge in [0.2, 0.25) is 0 Å². The van der Waals surface area contributed by atoms with Crippen LogP contribution in [0.25, 0.3) is 0 Å². The summed E-state index contributed by atoms with van der Waals surface area (Å²) >= 11 is 0. The Morgan fingerprint density at radius 3 is 2.79 bits per heavy atom. The van der Waals surface area contributed by atoms with Crippen LogP contribution in [0.15, 0.2) is 42.6 Å². The molecule has 1 fully saturated rings. The molecule has 0 bridgehead atoms. The summed E-state index contributed by atoms with van der Waals surface area (Å²) in [5.41, 5.74) is 1.73. The van der Waals surface area contributed by atoms with Gasteiger partial charge in [0.1, 0.15) is 11.6 Å².